The largest absolute Gasteiger partial charge is 0.366 e. The lowest BCUT2D eigenvalue weighted by molar-refractivity contribution is -0.120. The van der Waals surface area contributed by atoms with Crippen LogP contribution in [0, 0.1) is 0 Å². The van der Waals surface area contributed by atoms with Gasteiger partial charge >= 0.3 is 0 Å². The van der Waals surface area contributed by atoms with Crippen LogP contribution in [0.15, 0.2) is 35.4 Å². The number of rotatable bonds is 5. The van der Waals surface area contributed by atoms with Crippen molar-refractivity contribution in [3.63, 3.8) is 0 Å². The van der Waals surface area contributed by atoms with Crippen LogP contribution < -0.4 is 11.1 Å². The summed E-state index contributed by atoms with van der Waals surface area (Å²) in [6, 6.07) is 8.96. The van der Waals surface area contributed by atoms with Crippen LogP contribution in [0.25, 0.3) is 10.9 Å². The number of carbonyl (C=O) groups is 2. The zero-order valence-corrected chi connectivity index (χ0v) is 12.7. The molecule has 2 rings (SSSR count). The van der Waals surface area contributed by atoms with Crippen molar-refractivity contribution < 1.29 is 9.59 Å². The van der Waals surface area contributed by atoms with Crippen LogP contribution in [0.5, 0.6) is 0 Å². The molecule has 0 aliphatic carbocycles. The number of hydrogen-bond donors (Lipinski definition) is 2. The monoisotopic (exact) mass is 303 g/mol. The Morgan fingerprint density at radius 3 is 2.76 bits per heavy atom. The van der Waals surface area contributed by atoms with Crippen LogP contribution >= 0.6 is 11.8 Å². The summed E-state index contributed by atoms with van der Waals surface area (Å²) in [4.78, 5) is 27.8. The third kappa shape index (κ3) is 3.52. The summed E-state index contributed by atoms with van der Waals surface area (Å²) in [7, 11) is 0. The molecule has 0 radical (unpaired) electrons. The van der Waals surface area contributed by atoms with Gasteiger partial charge in [0.1, 0.15) is 0 Å². The fourth-order valence-corrected chi connectivity index (χ4v) is 2.86. The van der Waals surface area contributed by atoms with Crippen molar-refractivity contribution in [1.82, 2.24) is 10.3 Å². The van der Waals surface area contributed by atoms with Crippen LogP contribution in [0.4, 0.5) is 0 Å². The van der Waals surface area contributed by atoms with E-state index in [4.69, 9.17) is 5.73 Å². The predicted octanol–water partition coefficient (Wildman–Crippen LogP) is 1.95. The lowest BCUT2D eigenvalue weighted by Crippen LogP contribution is -2.30. The molecule has 1 heterocycles. The first-order chi connectivity index (χ1) is 10.0. The summed E-state index contributed by atoms with van der Waals surface area (Å²) >= 11 is 1.31. The molecule has 110 valence electrons. The van der Waals surface area contributed by atoms with Gasteiger partial charge in [0.15, 0.2) is 0 Å². The number of fused-ring (bicyclic) bond motifs is 1. The Morgan fingerprint density at radius 2 is 2.10 bits per heavy atom. The summed E-state index contributed by atoms with van der Waals surface area (Å²) in [6.07, 6.45) is 0. The van der Waals surface area contributed by atoms with Crippen LogP contribution in [0.3, 0.4) is 0 Å². The van der Waals surface area contributed by atoms with Gasteiger partial charge < -0.3 is 11.1 Å². The molecule has 2 amide bonds. The number of nitrogens with zero attached hydrogens (tertiary/aromatic N) is 1. The van der Waals surface area contributed by atoms with E-state index in [9.17, 15) is 9.59 Å². The molecule has 1 unspecified atom stereocenters. The quantitative estimate of drug-likeness (QED) is 0.827. The first-order valence-electron chi connectivity index (χ1n) is 6.67. The fraction of sp³-hybridized carbons (Fsp3) is 0.267. The van der Waals surface area contributed by atoms with Crippen LogP contribution in [0.2, 0.25) is 0 Å². The molecule has 1 aromatic carbocycles. The molecule has 5 nitrogen and oxygen atoms in total. The Kier molecular flexibility index (Phi) is 4.80. The zero-order valence-electron chi connectivity index (χ0n) is 11.9. The van der Waals surface area contributed by atoms with Gasteiger partial charge in [-0.25, -0.2) is 4.98 Å². The number of amides is 2. The molecule has 0 aliphatic rings. The number of thioether (sulfide) groups is 1. The van der Waals surface area contributed by atoms with Crippen molar-refractivity contribution in [3.05, 3.63) is 35.9 Å². The lowest BCUT2D eigenvalue weighted by atomic mass is 10.1. The van der Waals surface area contributed by atoms with E-state index in [1.807, 2.05) is 31.2 Å². The number of nitrogens with two attached hydrogens (primary N) is 1. The smallest absolute Gasteiger partial charge is 0.249 e. The second-order valence-corrected chi connectivity index (χ2v) is 5.91. The van der Waals surface area contributed by atoms with Crippen molar-refractivity contribution in [2.24, 2.45) is 5.73 Å². The molecular weight excluding hydrogens is 286 g/mol. The molecule has 0 aliphatic heterocycles. The molecule has 0 bridgehead atoms. The van der Waals surface area contributed by atoms with E-state index in [2.05, 4.69) is 10.3 Å². The number of para-hydroxylation sites is 1. The summed E-state index contributed by atoms with van der Waals surface area (Å²) < 4.78 is 0. The highest BCUT2D eigenvalue weighted by molar-refractivity contribution is 8.00. The van der Waals surface area contributed by atoms with E-state index >= 15 is 0 Å². The first kappa shape index (κ1) is 15.3. The molecule has 0 saturated carbocycles. The van der Waals surface area contributed by atoms with E-state index < -0.39 is 5.91 Å². The van der Waals surface area contributed by atoms with Gasteiger partial charge in [-0.05, 0) is 26.0 Å². The molecule has 0 spiro atoms. The lowest BCUT2D eigenvalue weighted by Gasteiger charge is -2.12. The summed E-state index contributed by atoms with van der Waals surface area (Å²) in [5.74, 6) is -0.556. The average molecular weight is 303 g/mol. The molecule has 2 aromatic rings. The number of hydrogen-bond acceptors (Lipinski definition) is 4. The maximum atomic E-state index is 11.8. The molecule has 3 N–H and O–H groups in total. The van der Waals surface area contributed by atoms with Gasteiger partial charge in [-0.2, -0.15) is 0 Å². The Labute approximate surface area is 127 Å². The molecular formula is C15H17N3O2S. The molecule has 6 heteroatoms. The van der Waals surface area contributed by atoms with Gasteiger partial charge in [0.05, 0.1) is 21.4 Å². The van der Waals surface area contributed by atoms with Crippen molar-refractivity contribution in [1.29, 1.82) is 0 Å². The highest BCUT2D eigenvalue weighted by Gasteiger charge is 2.16. The Balaban J connectivity index is 2.37. The third-order valence-electron chi connectivity index (χ3n) is 2.98. The van der Waals surface area contributed by atoms with Gasteiger partial charge in [0, 0.05) is 11.9 Å². The van der Waals surface area contributed by atoms with Crippen LogP contribution in [0.1, 0.15) is 24.2 Å². The van der Waals surface area contributed by atoms with Crippen LogP contribution in [-0.4, -0.2) is 28.6 Å². The molecule has 0 fully saturated rings. The zero-order chi connectivity index (χ0) is 15.4. The Hall–Kier alpha value is -2.08. The van der Waals surface area contributed by atoms with Gasteiger partial charge in [-0.1, -0.05) is 30.0 Å². The van der Waals surface area contributed by atoms with Crippen LogP contribution in [-0.2, 0) is 4.79 Å². The van der Waals surface area contributed by atoms with Crippen molar-refractivity contribution >= 4 is 34.5 Å². The summed E-state index contributed by atoms with van der Waals surface area (Å²) in [6.45, 7) is 4.26. The first-order valence-corrected chi connectivity index (χ1v) is 7.55. The minimum absolute atomic E-state index is 0.0573. The van der Waals surface area contributed by atoms with Gasteiger partial charge in [0.25, 0.3) is 0 Å². The summed E-state index contributed by atoms with van der Waals surface area (Å²) in [5.41, 5.74) is 6.55. The second-order valence-electron chi connectivity index (χ2n) is 4.54. The number of carbonyl (C=O) groups excluding carboxylic acids is 2. The van der Waals surface area contributed by atoms with Crippen molar-refractivity contribution in [3.8, 4) is 0 Å². The van der Waals surface area contributed by atoms with Gasteiger partial charge in [-0.15, -0.1) is 0 Å². The number of aromatic nitrogens is 1. The minimum atomic E-state index is -0.499. The fourth-order valence-electron chi connectivity index (χ4n) is 1.97. The Bertz CT molecular complexity index is 688. The highest BCUT2D eigenvalue weighted by atomic mass is 32.2. The van der Waals surface area contributed by atoms with Gasteiger partial charge in [-0.3, -0.25) is 9.59 Å². The van der Waals surface area contributed by atoms with Crippen molar-refractivity contribution in [2.45, 2.75) is 24.1 Å². The average Bonchev–Trinajstić information content (AvgIpc) is 2.46. The van der Waals surface area contributed by atoms with E-state index in [0.717, 1.165) is 5.39 Å². The maximum Gasteiger partial charge on any atom is 0.249 e. The van der Waals surface area contributed by atoms with E-state index in [-0.39, 0.29) is 11.2 Å². The number of pyridine rings is 1. The maximum absolute atomic E-state index is 11.8. The van der Waals surface area contributed by atoms with Crippen molar-refractivity contribution in [2.75, 3.05) is 6.54 Å². The topological polar surface area (TPSA) is 85.1 Å². The number of benzene rings is 1. The normalized spacial score (nSPS) is 12.1. The second kappa shape index (κ2) is 6.58. The van der Waals surface area contributed by atoms with E-state index in [0.29, 0.717) is 22.7 Å². The molecule has 1 atom stereocenters. The minimum Gasteiger partial charge on any atom is -0.366 e. The third-order valence-corrected chi connectivity index (χ3v) is 3.99. The van der Waals surface area contributed by atoms with Gasteiger partial charge in [0.2, 0.25) is 11.8 Å². The molecule has 21 heavy (non-hydrogen) atoms. The number of nitrogens with one attached hydrogen (secondary N) is 1. The molecule has 0 saturated heterocycles. The highest BCUT2D eigenvalue weighted by Crippen LogP contribution is 2.26. The summed E-state index contributed by atoms with van der Waals surface area (Å²) in [5, 5.41) is 3.80. The molecule has 1 aromatic heterocycles. The standard InChI is InChI=1S/C15H17N3O2S/c1-3-17-15(20)9(2)21-13-8-11(14(16)19)10-6-4-5-7-12(10)18-13/h4-9H,3H2,1-2H3,(H2,16,19)(H,17,20). The van der Waals surface area contributed by atoms with E-state index in [1.165, 1.54) is 11.8 Å². The Morgan fingerprint density at radius 1 is 1.38 bits per heavy atom. The number of primary amides is 1. The SMILES string of the molecule is CCNC(=O)C(C)Sc1cc(C(N)=O)c2ccccc2n1. The predicted molar refractivity (Wildman–Crippen MR) is 84.3 cm³/mol. The van der Waals surface area contributed by atoms with E-state index in [1.54, 1.807) is 13.0 Å².